The van der Waals surface area contributed by atoms with E-state index in [4.69, 9.17) is 28.9 Å². The van der Waals surface area contributed by atoms with E-state index in [9.17, 15) is 4.79 Å². The number of hydrogen-bond acceptors (Lipinski definition) is 4. The molecule has 0 saturated carbocycles. The molecule has 0 radical (unpaired) electrons. The van der Waals surface area contributed by atoms with Crippen molar-refractivity contribution in [3.05, 3.63) is 16.1 Å². The molecule has 102 valence electrons. The van der Waals surface area contributed by atoms with Gasteiger partial charge in [-0.2, -0.15) is 0 Å². The number of pyridine rings is 1. The van der Waals surface area contributed by atoms with Crippen molar-refractivity contribution in [1.29, 1.82) is 0 Å². The second kappa shape index (κ2) is 4.72. The highest BCUT2D eigenvalue weighted by molar-refractivity contribution is 6.37. The number of nitrogen functional groups attached to an aromatic ring is 1. The van der Waals surface area contributed by atoms with E-state index in [1.807, 2.05) is 4.90 Å². The van der Waals surface area contributed by atoms with Crippen LogP contribution in [0.25, 0.3) is 0 Å². The maximum Gasteiger partial charge on any atom is 0.223 e. The minimum atomic E-state index is 0.249. The van der Waals surface area contributed by atoms with Gasteiger partial charge in [0, 0.05) is 32.1 Å². The largest absolute Gasteiger partial charge is 0.382 e. The van der Waals surface area contributed by atoms with Crippen LogP contribution in [-0.2, 0) is 4.79 Å². The number of carbonyl (C=O) groups excluding carboxylic acids is 1. The van der Waals surface area contributed by atoms with Crippen molar-refractivity contribution >= 4 is 40.7 Å². The van der Waals surface area contributed by atoms with E-state index >= 15 is 0 Å². The first-order chi connectivity index (χ1) is 9.06. The lowest BCUT2D eigenvalue weighted by molar-refractivity contribution is -0.129. The Balaban J connectivity index is 1.84. The lowest BCUT2D eigenvalue weighted by atomic mass is 10.1. The van der Waals surface area contributed by atoms with Crippen LogP contribution in [0, 0.1) is 0 Å². The number of hydrogen-bond donors (Lipinski definition) is 1. The second-order valence-corrected chi connectivity index (χ2v) is 5.70. The molecule has 19 heavy (non-hydrogen) atoms. The zero-order valence-corrected chi connectivity index (χ0v) is 11.8. The lowest BCUT2D eigenvalue weighted by Crippen LogP contribution is -2.51. The number of halogens is 2. The van der Waals surface area contributed by atoms with E-state index in [0.717, 1.165) is 19.5 Å². The minimum absolute atomic E-state index is 0.249. The van der Waals surface area contributed by atoms with E-state index in [0.29, 0.717) is 28.8 Å². The maximum atomic E-state index is 11.6. The van der Waals surface area contributed by atoms with Crippen LogP contribution >= 0.6 is 23.2 Å². The van der Waals surface area contributed by atoms with Gasteiger partial charge >= 0.3 is 0 Å². The number of anilines is 2. The summed E-state index contributed by atoms with van der Waals surface area (Å²) in [7, 11) is 0. The second-order valence-electron chi connectivity index (χ2n) is 4.89. The predicted molar refractivity (Wildman–Crippen MR) is 75.6 cm³/mol. The Bertz CT molecular complexity index is 537. The average molecular weight is 301 g/mol. The number of rotatable bonds is 1. The van der Waals surface area contributed by atoms with Crippen LogP contribution < -0.4 is 10.6 Å². The molecule has 5 nitrogen and oxygen atoms in total. The molecule has 2 aliphatic heterocycles. The van der Waals surface area contributed by atoms with E-state index in [1.165, 1.54) is 0 Å². The van der Waals surface area contributed by atoms with Crippen LogP contribution in [0.5, 0.6) is 0 Å². The van der Waals surface area contributed by atoms with Crippen molar-refractivity contribution in [1.82, 2.24) is 9.88 Å². The minimum Gasteiger partial charge on any atom is -0.382 e. The standard InChI is InChI=1S/C12H14Cl2N4O/c13-8-5-9(14)12(16-11(8)15)17-3-4-18-7(6-17)1-2-10(18)19/h5,7H,1-4,6H2,(H2,15,16). The van der Waals surface area contributed by atoms with Crippen molar-refractivity contribution in [2.45, 2.75) is 18.9 Å². The van der Waals surface area contributed by atoms with Crippen molar-refractivity contribution in [2.24, 2.45) is 0 Å². The molecular weight excluding hydrogens is 287 g/mol. The van der Waals surface area contributed by atoms with E-state index in [-0.39, 0.29) is 17.8 Å². The van der Waals surface area contributed by atoms with Gasteiger partial charge in [0.1, 0.15) is 11.6 Å². The fourth-order valence-electron chi connectivity index (χ4n) is 2.75. The smallest absolute Gasteiger partial charge is 0.223 e. The summed E-state index contributed by atoms with van der Waals surface area (Å²) < 4.78 is 0. The lowest BCUT2D eigenvalue weighted by Gasteiger charge is -2.38. The number of piperazine rings is 1. The highest BCUT2D eigenvalue weighted by Crippen LogP contribution is 2.32. The molecular formula is C12H14Cl2N4O. The summed E-state index contributed by atoms with van der Waals surface area (Å²) in [6.45, 7) is 2.18. The van der Waals surface area contributed by atoms with Gasteiger partial charge in [-0.25, -0.2) is 4.98 Å². The van der Waals surface area contributed by atoms with Gasteiger partial charge < -0.3 is 15.5 Å². The van der Waals surface area contributed by atoms with Gasteiger partial charge in [-0.3, -0.25) is 4.79 Å². The van der Waals surface area contributed by atoms with Gasteiger partial charge in [-0.1, -0.05) is 23.2 Å². The zero-order chi connectivity index (χ0) is 13.6. The van der Waals surface area contributed by atoms with Crippen molar-refractivity contribution < 1.29 is 4.79 Å². The number of amides is 1. The summed E-state index contributed by atoms with van der Waals surface area (Å²) in [5.74, 6) is 1.19. The fourth-order valence-corrected chi connectivity index (χ4v) is 3.23. The number of fused-ring (bicyclic) bond motifs is 1. The summed E-state index contributed by atoms with van der Waals surface area (Å²) >= 11 is 12.1. The van der Waals surface area contributed by atoms with Gasteiger partial charge in [0.05, 0.1) is 10.0 Å². The predicted octanol–water partition coefficient (Wildman–Crippen LogP) is 1.78. The van der Waals surface area contributed by atoms with Gasteiger partial charge in [0.25, 0.3) is 0 Å². The molecule has 3 heterocycles. The van der Waals surface area contributed by atoms with Crippen molar-refractivity contribution in [2.75, 3.05) is 30.3 Å². The zero-order valence-electron chi connectivity index (χ0n) is 10.3. The summed E-state index contributed by atoms with van der Waals surface area (Å²) in [5, 5.41) is 0.861. The van der Waals surface area contributed by atoms with Crippen LogP contribution in [0.15, 0.2) is 6.07 Å². The first kappa shape index (κ1) is 12.8. The topological polar surface area (TPSA) is 62.5 Å². The SMILES string of the molecule is Nc1nc(N2CCN3C(=O)CCC3C2)c(Cl)cc1Cl. The third-order valence-corrected chi connectivity index (χ3v) is 4.31. The van der Waals surface area contributed by atoms with E-state index in [2.05, 4.69) is 9.88 Å². The average Bonchev–Trinajstić information content (AvgIpc) is 2.75. The molecule has 1 atom stereocenters. The molecule has 2 N–H and O–H groups in total. The number of nitrogens with two attached hydrogens (primary N) is 1. The maximum absolute atomic E-state index is 11.6. The number of aromatic nitrogens is 1. The van der Waals surface area contributed by atoms with Gasteiger partial charge in [-0.15, -0.1) is 0 Å². The molecule has 2 fully saturated rings. The van der Waals surface area contributed by atoms with Gasteiger partial charge in [0.15, 0.2) is 0 Å². The molecule has 2 aliphatic rings. The van der Waals surface area contributed by atoms with Crippen LogP contribution in [-0.4, -0.2) is 41.5 Å². The Labute approximate surface area is 121 Å². The molecule has 0 bridgehead atoms. The Morgan fingerprint density at radius 3 is 2.89 bits per heavy atom. The molecule has 1 aromatic rings. The molecule has 7 heteroatoms. The molecule has 3 rings (SSSR count). The summed E-state index contributed by atoms with van der Waals surface area (Å²) in [5.41, 5.74) is 5.73. The molecule has 2 saturated heterocycles. The van der Waals surface area contributed by atoms with Crippen molar-refractivity contribution in [3.63, 3.8) is 0 Å². The highest BCUT2D eigenvalue weighted by atomic mass is 35.5. The molecule has 0 aromatic carbocycles. The Kier molecular flexibility index (Phi) is 3.19. The Morgan fingerprint density at radius 2 is 2.11 bits per heavy atom. The monoisotopic (exact) mass is 300 g/mol. The molecule has 0 aliphatic carbocycles. The Hall–Kier alpha value is -1.20. The number of carbonyl (C=O) groups is 1. The molecule has 0 spiro atoms. The quantitative estimate of drug-likeness (QED) is 0.859. The fraction of sp³-hybridized carbons (Fsp3) is 0.500. The summed E-state index contributed by atoms with van der Waals surface area (Å²) in [4.78, 5) is 19.9. The summed E-state index contributed by atoms with van der Waals surface area (Å²) in [6, 6.07) is 1.88. The van der Waals surface area contributed by atoms with Crippen LogP contribution in [0.4, 0.5) is 11.6 Å². The van der Waals surface area contributed by atoms with Crippen LogP contribution in [0.1, 0.15) is 12.8 Å². The highest BCUT2D eigenvalue weighted by Gasteiger charge is 2.36. The first-order valence-electron chi connectivity index (χ1n) is 6.22. The Morgan fingerprint density at radius 1 is 1.32 bits per heavy atom. The molecule has 1 unspecified atom stereocenters. The molecule has 1 aromatic heterocycles. The third kappa shape index (κ3) is 2.21. The third-order valence-electron chi connectivity index (χ3n) is 3.73. The van der Waals surface area contributed by atoms with Crippen molar-refractivity contribution in [3.8, 4) is 0 Å². The van der Waals surface area contributed by atoms with E-state index in [1.54, 1.807) is 6.07 Å². The van der Waals surface area contributed by atoms with E-state index < -0.39 is 0 Å². The number of nitrogens with zero attached hydrogens (tertiary/aromatic N) is 3. The van der Waals surface area contributed by atoms with Crippen LogP contribution in [0.3, 0.4) is 0 Å². The first-order valence-corrected chi connectivity index (χ1v) is 6.98. The normalized spacial score (nSPS) is 22.8. The van der Waals surface area contributed by atoms with Gasteiger partial charge in [-0.05, 0) is 12.5 Å². The summed E-state index contributed by atoms with van der Waals surface area (Å²) in [6.07, 6.45) is 1.54. The molecule has 1 amide bonds. The van der Waals surface area contributed by atoms with Gasteiger partial charge in [0.2, 0.25) is 5.91 Å². The van der Waals surface area contributed by atoms with Crippen LogP contribution in [0.2, 0.25) is 10.0 Å².